The quantitative estimate of drug-likeness (QED) is 0.678. The van der Waals surface area contributed by atoms with Crippen LogP contribution in [0.15, 0.2) is 47.4 Å². The zero-order valence-electron chi connectivity index (χ0n) is 17.1. The predicted molar refractivity (Wildman–Crippen MR) is 109 cm³/mol. The van der Waals surface area contributed by atoms with Gasteiger partial charge in [0.2, 0.25) is 21.8 Å². The van der Waals surface area contributed by atoms with Crippen LogP contribution >= 0.6 is 0 Å². The molecule has 7 nitrogen and oxygen atoms in total. The monoisotopic (exact) mass is 469 g/mol. The highest BCUT2D eigenvalue weighted by Gasteiger charge is 2.35. The molecule has 0 aliphatic carbocycles. The molecule has 2 N–H and O–H groups in total. The molecule has 1 aliphatic rings. The maximum atomic E-state index is 13.7. The summed E-state index contributed by atoms with van der Waals surface area (Å²) >= 11 is 0. The van der Waals surface area contributed by atoms with Crippen LogP contribution in [0.1, 0.15) is 24.4 Å². The average Bonchev–Trinajstić information content (AvgIpc) is 2.79. The minimum atomic E-state index is -3.94. The minimum absolute atomic E-state index is 0.0446. The van der Waals surface area contributed by atoms with E-state index >= 15 is 0 Å². The van der Waals surface area contributed by atoms with Crippen LogP contribution in [0.25, 0.3) is 0 Å². The van der Waals surface area contributed by atoms with Crippen LogP contribution in [-0.2, 0) is 19.6 Å². The van der Waals surface area contributed by atoms with Crippen LogP contribution in [0.4, 0.5) is 13.2 Å². The van der Waals surface area contributed by atoms with E-state index in [0.29, 0.717) is 12.8 Å². The third-order valence-corrected chi connectivity index (χ3v) is 7.16. The largest absolute Gasteiger partial charge is 0.357 e. The lowest BCUT2D eigenvalue weighted by Gasteiger charge is -2.32. The fraction of sp³-hybridized carbons (Fsp3) is 0.333. The Bertz CT molecular complexity index is 1110. The Labute approximate surface area is 183 Å². The summed E-state index contributed by atoms with van der Waals surface area (Å²) < 4.78 is 66.9. The van der Waals surface area contributed by atoms with Gasteiger partial charge in [0.15, 0.2) is 11.6 Å². The van der Waals surface area contributed by atoms with Crippen LogP contribution in [0.3, 0.4) is 0 Å². The zero-order chi connectivity index (χ0) is 23.5. The zero-order valence-corrected chi connectivity index (χ0v) is 18.0. The van der Waals surface area contributed by atoms with E-state index < -0.39 is 51.2 Å². The Morgan fingerprint density at radius 3 is 2.38 bits per heavy atom. The Hall–Kier alpha value is -2.92. The third kappa shape index (κ3) is 5.10. The Balaban J connectivity index is 1.77. The van der Waals surface area contributed by atoms with E-state index in [2.05, 4.69) is 10.6 Å². The van der Waals surface area contributed by atoms with Gasteiger partial charge in [-0.25, -0.2) is 21.6 Å². The summed E-state index contributed by atoms with van der Waals surface area (Å²) in [5.74, 6) is -4.84. The first-order valence-corrected chi connectivity index (χ1v) is 11.3. The molecule has 1 heterocycles. The van der Waals surface area contributed by atoms with Crippen LogP contribution in [0.5, 0.6) is 0 Å². The lowest BCUT2D eigenvalue weighted by Crippen LogP contribution is -2.48. The Morgan fingerprint density at radius 1 is 1.06 bits per heavy atom. The van der Waals surface area contributed by atoms with Gasteiger partial charge in [0.25, 0.3) is 0 Å². The van der Waals surface area contributed by atoms with Crippen LogP contribution < -0.4 is 10.6 Å². The van der Waals surface area contributed by atoms with Crippen molar-refractivity contribution in [3.8, 4) is 0 Å². The summed E-state index contributed by atoms with van der Waals surface area (Å²) in [6.07, 6.45) is 0.772. The number of sulfonamides is 1. The molecular formula is C21H22F3N3O4S. The highest BCUT2D eigenvalue weighted by molar-refractivity contribution is 7.89. The first-order valence-electron chi connectivity index (χ1n) is 9.86. The number of carbonyl (C=O) groups excluding carboxylic acids is 2. The second kappa shape index (κ2) is 9.70. The van der Waals surface area contributed by atoms with Gasteiger partial charge in [-0.05, 0) is 54.8 Å². The number of benzene rings is 2. The molecule has 11 heteroatoms. The van der Waals surface area contributed by atoms with Crippen molar-refractivity contribution in [2.24, 2.45) is 5.92 Å². The molecular weight excluding hydrogens is 447 g/mol. The smallest absolute Gasteiger partial charge is 0.246 e. The van der Waals surface area contributed by atoms with E-state index in [4.69, 9.17) is 0 Å². The first kappa shape index (κ1) is 23.7. The predicted octanol–water partition coefficient (Wildman–Crippen LogP) is 2.11. The molecule has 32 heavy (non-hydrogen) atoms. The molecule has 0 aromatic heterocycles. The van der Waals surface area contributed by atoms with E-state index in [9.17, 15) is 31.2 Å². The summed E-state index contributed by atoms with van der Waals surface area (Å²) in [5, 5.41) is 4.87. The normalized spacial score (nSPS) is 18.1. The Kier molecular flexibility index (Phi) is 7.19. The number of halogens is 3. The van der Waals surface area contributed by atoms with Crippen LogP contribution in [-0.4, -0.2) is 44.7 Å². The van der Waals surface area contributed by atoms with Crippen molar-refractivity contribution in [3.63, 3.8) is 0 Å². The van der Waals surface area contributed by atoms with E-state index in [-0.39, 0.29) is 23.5 Å². The number of piperidine rings is 1. The fourth-order valence-electron chi connectivity index (χ4n) is 3.53. The number of hydrogen-bond acceptors (Lipinski definition) is 4. The molecule has 172 valence electrons. The van der Waals surface area contributed by atoms with Gasteiger partial charge in [0, 0.05) is 20.1 Å². The number of amides is 2. The van der Waals surface area contributed by atoms with E-state index in [1.54, 1.807) is 0 Å². The summed E-state index contributed by atoms with van der Waals surface area (Å²) in [6, 6.07) is 5.95. The van der Waals surface area contributed by atoms with Gasteiger partial charge >= 0.3 is 0 Å². The van der Waals surface area contributed by atoms with Gasteiger partial charge in [0.05, 0.1) is 10.8 Å². The second-order valence-corrected chi connectivity index (χ2v) is 9.32. The molecule has 1 fully saturated rings. The van der Waals surface area contributed by atoms with Crippen LogP contribution in [0.2, 0.25) is 0 Å². The number of nitrogens with one attached hydrogen (secondary N) is 2. The summed E-state index contributed by atoms with van der Waals surface area (Å²) in [6.45, 7) is 0.0509. The molecule has 1 aliphatic heterocycles. The second-order valence-electron chi connectivity index (χ2n) is 7.39. The molecule has 0 spiro atoms. The Morgan fingerprint density at radius 2 is 1.75 bits per heavy atom. The topological polar surface area (TPSA) is 95.6 Å². The SMILES string of the molecule is CNC(=O)C(NC(=O)C1CCCN(S(=O)(=O)c2ccc(F)cc2)C1)c1ccc(F)c(F)c1. The molecule has 0 radical (unpaired) electrons. The van der Waals surface area contributed by atoms with Crippen molar-refractivity contribution < 1.29 is 31.2 Å². The minimum Gasteiger partial charge on any atom is -0.357 e. The molecule has 3 rings (SSSR count). The van der Waals surface area contributed by atoms with E-state index in [0.717, 1.165) is 40.7 Å². The molecule has 2 unspecified atom stereocenters. The maximum Gasteiger partial charge on any atom is 0.246 e. The van der Waals surface area contributed by atoms with Gasteiger partial charge in [-0.2, -0.15) is 4.31 Å². The van der Waals surface area contributed by atoms with E-state index in [1.807, 2.05) is 0 Å². The molecule has 2 atom stereocenters. The standard InChI is InChI=1S/C21H22F3N3O4S/c1-25-21(29)19(13-4-9-17(23)18(24)11-13)26-20(28)14-3-2-10-27(12-14)32(30,31)16-7-5-15(22)6-8-16/h4-9,11,14,19H,2-3,10,12H2,1H3,(H,25,29)(H,26,28). The molecule has 2 aromatic carbocycles. The highest BCUT2D eigenvalue weighted by Crippen LogP contribution is 2.25. The van der Waals surface area contributed by atoms with Gasteiger partial charge in [0.1, 0.15) is 11.9 Å². The van der Waals surface area contributed by atoms with Crippen molar-refractivity contribution in [3.05, 3.63) is 65.5 Å². The average molecular weight is 469 g/mol. The number of nitrogens with zero attached hydrogens (tertiary/aromatic N) is 1. The number of likely N-dealkylation sites (N-methyl/N-ethyl adjacent to an activating group) is 1. The molecule has 1 saturated heterocycles. The van der Waals surface area contributed by atoms with E-state index in [1.165, 1.54) is 13.1 Å². The fourth-order valence-corrected chi connectivity index (χ4v) is 5.05. The van der Waals surface area contributed by atoms with Gasteiger partial charge < -0.3 is 10.6 Å². The maximum absolute atomic E-state index is 13.7. The van der Waals surface area contributed by atoms with Crippen molar-refractivity contribution >= 4 is 21.8 Å². The summed E-state index contributed by atoms with van der Waals surface area (Å²) in [5.41, 5.74) is 0.0446. The lowest BCUT2D eigenvalue weighted by molar-refractivity contribution is -0.131. The lowest BCUT2D eigenvalue weighted by atomic mass is 9.97. The van der Waals surface area contributed by atoms with Gasteiger partial charge in [-0.3, -0.25) is 9.59 Å². The summed E-state index contributed by atoms with van der Waals surface area (Å²) in [7, 11) is -2.61. The molecule has 0 bridgehead atoms. The van der Waals surface area contributed by atoms with Gasteiger partial charge in [-0.1, -0.05) is 6.07 Å². The third-order valence-electron chi connectivity index (χ3n) is 5.28. The highest BCUT2D eigenvalue weighted by atomic mass is 32.2. The summed E-state index contributed by atoms with van der Waals surface area (Å²) in [4.78, 5) is 25.1. The van der Waals surface area contributed by atoms with Crippen molar-refractivity contribution in [2.75, 3.05) is 20.1 Å². The van der Waals surface area contributed by atoms with Crippen molar-refractivity contribution in [1.82, 2.24) is 14.9 Å². The first-order chi connectivity index (χ1) is 15.1. The number of hydrogen-bond donors (Lipinski definition) is 2. The van der Waals surface area contributed by atoms with Crippen molar-refractivity contribution in [2.45, 2.75) is 23.8 Å². The van der Waals surface area contributed by atoms with Gasteiger partial charge in [-0.15, -0.1) is 0 Å². The number of rotatable bonds is 6. The molecule has 2 aromatic rings. The number of carbonyl (C=O) groups is 2. The molecule has 2 amide bonds. The van der Waals surface area contributed by atoms with Crippen molar-refractivity contribution in [1.29, 1.82) is 0 Å². The molecule has 0 saturated carbocycles. The van der Waals surface area contributed by atoms with Crippen LogP contribution in [0, 0.1) is 23.4 Å².